The fourth-order valence-electron chi connectivity index (χ4n) is 2.71. The third kappa shape index (κ3) is 2.78. The van der Waals surface area contributed by atoms with Gasteiger partial charge in [-0.2, -0.15) is 0 Å². The summed E-state index contributed by atoms with van der Waals surface area (Å²) < 4.78 is 0. The van der Waals surface area contributed by atoms with E-state index in [0.717, 1.165) is 6.54 Å². The van der Waals surface area contributed by atoms with Crippen LogP contribution in [0.3, 0.4) is 0 Å². The number of benzene rings is 1. The van der Waals surface area contributed by atoms with Gasteiger partial charge in [-0.1, -0.05) is 0 Å². The third-order valence-corrected chi connectivity index (χ3v) is 3.87. The summed E-state index contributed by atoms with van der Waals surface area (Å²) >= 11 is 0. The van der Waals surface area contributed by atoms with Gasteiger partial charge in [0.1, 0.15) is 0 Å². The monoisotopic (exact) mass is 247 g/mol. The number of hydrogen-bond acceptors (Lipinski definition) is 3. The van der Waals surface area contributed by atoms with Crippen molar-refractivity contribution in [3.05, 3.63) is 24.3 Å². The largest absolute Gasteiger partial charge is 0.372 e. The van der Waals surface area contributed by atoms with Crippen LogP contribution in [-0.2, 0) is 0 Å². The van der Waals surface area contributed by atoms with Crippen LogP contribution < -0.4 is 15.5 Å². The molecule has 0 spiro atoms. The second-order valence-electron chi connectivity index (χ2n) is 5.08. The topological polar surface area (TPSA) is 32.5 Å². The molecule has 1 aromatic rings. The van der Waals surface area contributed by atoms with E-state index in [1.54, 1.807) is 0 Å². The predicted octanol–water partition coefficient (Wildman–Crippen LogP) is 2.46. The molecule has 1 aliphatic heterocycles. The molecule has 0 bridgehead atoms. The minimum atomic E-state index is 0.396. The molecule has 1 aliphatic rings. The summed E-state index contributed by atoms with van der Waals surface area (Å²) in [4.78, 5) is 4.82. The summed E-state index contributed by atoms with van der Waals surface area (Å²) in [6, 6.07) is 9.33. The quantitative estimate of drug-likeness (QED) is 0.867. The molecule has 3 heteroatoms. The van der Waals surface area contributed by atoms with Crippen LogP contribution in [0.1, 0.15) is 26.7 Å². The van der Waals surface area contributed by atoms with Gasteiger partial charge >= 0.3 is 0 Å². The molecule has 100 valence electrons. The second kappa shape index (κ2) is 6.10. The van der Waals surface area contributed by atoms with Crippen LogP contribution in [0.2, 0.25) is 0 Å². The van der Waals surface area contributed by atoms with Gasteiger partial charge in [0.15, 0.2) is 0 Å². The highest BCUT2D eigenvalue weighted by Gasteiger charge is 2.14. The standard InChI is InChI=1S/C15H25N3/c1-3-18(13(2)12-16)15-8-6-14(7-9-15)17-10-4-5-11-17/h6-9,13H,3-5,10-12,16H2,1-2H3. The van der Waals surface area contributed by atoms with Crippen LogP contribution in [0.4, 0.5) is 11.4 Å². The van der Waals surface area contributed by atoms with Gasteiger partial charge in [-0.3, -0.25) is 0 Å². The Bertz CT molecular complexity index is 355. The number of anilines is 2. The molecule has 1 saturated heterocycles. The first-order valence-electron chi connectivity index (χ1n) is 7.08. The van der Waals surface area contributed by atoms with Gasteiger partial charge in [-0.25, -0.2) is 0 Å². The summed E-state index contributed by atoms with van der Waals surface area (Å²) in [7, 11) is 0. The lowest BCUT2D eigenvalue weighted by Gasteiger charge is -2.30. The SMILES string of the molecule is CCN(c1ccc(N2CCCC2)cc1)C(C)CN. The van der Waals surface area contributed by atoms with Crippen LogP contribution in [0, 0.1) is 0 Å². The van der Waals surface area contributed by atoms with Gasteiger partial charge in [0, 0.05) is 43.6 Å². The minimum absolute atomic E-state index is 0.396. The maximum atomic E-state index is 5.77. The molecular weight excluding hydrogens is 222 g/mol. The number of nitrogens with two attached hydrogens (primary N) is 1. The molecule has 0 aromatic heterocycles. The average Bonchev–Trinajstić information content (AvgIpc) is 2.94. The molecule has 3 nitrogen and oxygen atoms in total. The number of likely N-dealkylation sites (N-methyl/N-ethyl adjacent to an activating group) is 1. The lowest BCUT2D eigenvalue weighted by atomic mass is 10.2. The molecule has 0 saturated carbocycles. The van der Waals surface area contributed by atoms with Crippen molar-refractivity contribution in [3.8, 4) is 0 Å². The number of rotatable bonds is 5. The van der Waals surface area contributed by atoms with Gasteiger partial charge in [-0.15, -0.1) is 0 Å². The lowest BCUT2D eigenvalue weighted by Crippen LogP contribution is -2.38. The zero-order valence-corrected chi connectivity index (χ0v) is 11.6. The first-order chi connectivity index (χ1) is 8.76. The molecule has 0 aliphatic carbocycles. The van der Waals surface area contributed by atoms with E-state index in [2.05, 4.69) is 47.9 Å². The van der Waals surface area contributed by atoms with E-state index in [9.17, 15) is 0 Å². The first kappa shape index (κ1) is 13.2. The summed E-state index contributed by atoms with van der Waals surface area (Å²) in [5.74, 6) is 0. The third-order valence-electron chi connectivity index (χ3n) is 3.87. The van der Waals surface area contributed by atoms with Crippen LogP contribution in [0.25, 0.3) is 0 Å². The molecule has 1 atom stereocenters. The Morgan fingerprint density at radius 1 is 1.22 bits per heavy atom. The molecule has 0 radical (unpaired) electrons. The molecule has 2 rings (SSSR count). The molecular formula is C15H25N3. The summed E-state index contributed by atoms with van der Waals surface area (Å²) in [5.41, 5.74) is 8.40. The van der Waals surface area contributed by atoms with E-state index in [-0.39, 0.29) is 0 Å². The first-order valence-corrected chi connectivity index (χ1v) is 7.08. The molecule has 1 fully saturated rings. The van der Waals surface area contributed by atoms with E-state index in [1.165, 1.54) is 37.3 Å². The Kier molecular flexibility index (Phi) is 4.48. The Hall–Kier alpha value is -1.22. The van der Waals surface area contributed by atoms with Crippen molar-refractivity contribution in [2.45, 2.75) is 32.7 Å². The Morgan fingerprint density at radius 3 is 2.33 bits per heavy atom. The summed E-state index contributed by atoms with van der Waals surface area (Å²) in [5, 5.41) is 0. The number of hydrogen-bond donors (Lipinski definition) is 1. The maximum Gasteiger partial charge on any atom is 0.0383 e. The highest BCUT2D eigenvalue weighted by molar-refractivity contribution is 5.57. The zero-order valence-electron chi connectivity index (χ0n) is 11.6. The Labute approximate surface area is 111 Å². The molecule has 1 unspecified atom stereocenters. The van der Waals surface area contributed by atoms with E-state index < -0.39 is 0 Å². The molecule has 0 amide bonds. The van der Waals surface area contributed by atoms with Crippen molar-refractivity contribution in [3.63, 3.8) is 0 Å². The van der Waals surface area contributed by atoms with Crippen LogP contribution in [0.5, 0.6) is 0 Å². The summed E-state index contributed by atoms with van der Waals surface area (Å²) in [6.07, 6.45) is 2.65. The molecule has 1 heterocycles. The minimum Gasteiger partial charge on any atom is -0.372 e. The fourth-order valence-corrected chi connectivity index (χ4v) is 2.71. The predicted molar refractivity (Wildman–Crippen MR) is 79.4 cm³/mol. The highest BCUT2D eigenvalue weighted by Crippen LogP contribution is 2.24. The second-order valence-corrected chi connectivity index (χ2v) is 5.08. The Morgan fingerprint density at radius 2 is 1.83 bits per heavy atom. The van der Waals surface area contributed by atoms with Gasteiger partial charge < -0.3 is 15.5 Å². The fraction of sp³-hybridized carbons (Fsp3) is 0.600. The van der Waals surface area contributed by atoms with Crippen LogP contribution in [-0.4, -0.2) is 32.2 Å². The van der Waals surface area contributed by atoms with Crippen LogP contribution >= 0.6 is 0 Å². The van der Waals surface area contributed by atoms with E-state index in [4.69, 9.17) is 5.73 Å². The van der Waals surface area contributed by atoms with Crippen molar-refractivity contribution in [1.82, 2.24) is 0 Å². The average molecular weight is 247 g/mol. The van der Waals surface area contributed by atoms with Crippen LogP contribution in [0.15, 0.2) is 24.3 Å². The smallest absolute Gasteiger partial charge is 0.0383 e. The normalized spacial score (nSPS) is 16.9. The van der Waals surface area contributed by atoms with Crippen molar-refractivity contribution < 1.29 is 0 Å². The van der Waals surface area contributed by atoms with Gasteiger partial charge in [0.25, 0.3) is 0 Å². The molecule has 18 heavy (non-hydrogen) atoms. The zero-order chi connectivity index (χ0) is 13.0. The van der Waals surface area contributed by atoms with Crippen molar-refractivity contribution >= 4 is 11.4 Å². The molecule has 1 aromatic carbocycles. The van der Waals surface area contributed by atoms with Crippen molar-refractivity contribution in [2.24, 2.45) is 5.73 Å². The number of nitrogens with zero attached hydrogens (tertiary/aromatic N) is 2. The molecule has 2 N–H and O–H groups in total. The Balaban J connectivity index is 2.10. The van der Waals surface area contributed by atoms with E-state index in [0.29, 0.717) is 12.6 Å². The van der Waals surface area contributed by atoms with Gasteiger partial charge in [0.2, 0.25) is 0 Å². The van der Waals surface area contributed by atoms with E-state index in [1.807, 2.05) is 0 Å². The summed E-state index contributed by atoms with van der Waals surface area (Å²) in [6.45, 7) is 8.47. The van der Waals surface area contributed by atoms with Crippen molar-refractivity contribution in [2.75, 3.05) is 36.0 Å². The van der Waals surface area contributed by atoms with Crippen molar-refractivity contribution in [1.29, 1.82) is 0 Å². The van der Waals surface area contributed by atoms with Gasteiger partial charge in [0.05, 0.1) is 0 Å². The highest BCUT2D eigenvalue weighted by atomic mass is 15.2. The van der Waals surface area contributed by atoms with E-state index >= 15 is 0 Å². The lowest BCUT2D eigenvalue weighted by molar-refractivity contribution is 0.657. The maximum absolute atomic E-state index is 5.77. The van der Waals surface area contributed by atoms with Gasteiger partial charge in [-0.05, 0) is 51.0 Å².